The first-order valence-corrected chi connectivity index (χ1v) is 15.8. The molecule has 1 aliphatic carbocycles. The SMILES string of the molecule is C=C(CCC)C1CC=C(c2ccc3c(c2)C(=C)N(c2cccc(-c4nncn4C(C)C)n2)C3)CC1.C=CC.CC.CC. The van der Waals surface area contributed by atoms with Gasteiger partial charge in [-0.25, -0.2) is 4.98 Å². The van der Waals surface area contributed by atoms with Crippen molar-refractivity contribution >= 4 is 17.1 Å². The summed E-state index contributed by atoms with van der Waals surface area (Å²) in [6, 6.07) is 13.2. The van der Waals surface area contributed by atoms with Crippen LogP contribution >= 0.6 is 0 Å². The highest BCUT2D eigenvalue weighted by Gasteiger charge is 2.26. The first-order chi connectivity index (χ1) is 20.4. The lowest BCUT2D eigenvalue weighted by Crippen LogP contribution is -2.15. The summed E-state index contributed by atoms with van der Waals surface area (Å²) in [6.07, 6.45) is 11.7. The zero-order chi connectivity index (χ0) is 31.2. The molecule has 2 aromatic heterocycles. The predicted octanol–water partition coefficient (Wildman–Crippen LogP) is 10.7. The van der Waals surface area contributed by atoms with Crippen molar-refractivity contribution in [2.24, 2.45) is 5.92 Å². The van der Waals surface area contributed by atoms with Crippen molar-refractivity contribution in [1.29, 1.82) is 0 Å². The van der Waals surface area contributed by atoms with Gasteiger partial charge in [0.1, 0.15) is 17.8 Å². The minimum Gasteiger partial charge on any atom is -0.322 e. The Labute approximate surface area is 255 Å². The van der Waals surface area contributed by atoms with Crippen molar-refractivity contribution < 1.29 is 0 Å². The van der Waals surface area contributed by atoms with Crippen LogP contribution in [-0.2, 0) is 6.54 Å². The highest BCUT2D eigenvalue weighted by Crippen LogP contribution is 2.39. The second-order valence-electron chi connectivity index (χ2n) is 10.5. The van der Waals surface area contributed by atoms with E-state index in [1.165, 1.54) is 40.7 Å². The van der Waals surface area contributed by atoms with Gasteiger partial charge in [-0.1, -0.05) is 90.1 Å². The van der Waals surface area contributed by atoms with E-state index in [4.69, 9.17) is 4.98 Å². The van der Waals surface area contributed by atoms with Crippen molar-refractivity contribution in [2.75, 3.05) is 4.90 Å². The molecule has 0 radical (unpaired) electrons. The Kier molecular flexibility index (Phi) is 14.2. The van der Waals surface area contributed by atoms with Gasteiger partial charge in [0, 0.05) is 17.3 Å². The zero-order valence-electron chi connectivity index (χ0n) is 27.5. The second-order valence-corrected chi connectivity index (χ2v) is 10.5. The first-order valence-electron chi connectivity index (χ1n) is 15.8. The average Bonchev–Trinajstić information content (AvgIpc) is 3.65. The van der Waals surface area contributed by atoms with E-state index in [-0.39, 0.29) is 6.04 Å². The molecule has 0 saturated carbocycles. The molecule has 2 aliphatic rings. The van der Waals surface area contributed by atoms with Crippen LogP contribution in [0.2, 0.25) is 0 Å². The number of pyridine rings is 1. The van der Waals surface area contributed by atoms with Gasteiger partial charge in [0.2, 0.25) is 0 Å². The van der Waals surface area contributed by atoms with Crippen LogP contribution in [0.1, 0.15) is 110 Å². The molecule has 1 unspecified atom stereocenters. The van der Waals surface area contributed by atoms with Crippen molar-refractivity contribution in [2.45, 2.75) is 100 Å². The number of allylic oxidation sites excluding steroid dienone is 4. The molecule has 0 bridgehead atoms. The number of fused-ring (bicyclic) bond motifs is 1. The van der Waals surface area contributed by atoms with Crippen LogP contribution in [-0.4, -0.2) is 19.7 Å². The van der Waals surface area contributed by atoms with Gasteiger partial charge in [-0.05, 0) is 87.3 Å². The van der Waals surface area contributed by atoms with E-state index in [9.17, 15) is 0 Å². The summed E-state index contributed by atoms with van der Waals surface area (Å²) in [5, 5.41) is 8.42. The summed E-state index contributed by atoms with van der Waals surface area (Å²) in [5.74, 6) is 2.31. The van der Waals surface area contributed by atoms with Gasteiger partial charge in [-0.3, -0.25) is 0 Å². The average molecular weight is 568 g/mol. The molecule has 5 rings (SSSR count). The van der Waals surface area contributed by atoms with Gasteiger partial charge in [-0.2, -0.15) is 0 Å². The summed E-state index contributed by atoms with van der Waals surface area (Å²) < 4.78 is 2.05. The predicted molar refractivity (Wildman–Crippen MR) is 183 cm³/mol. The van der Waals surface area contributed by atoms with Crippen molar-refractivity contribution in [3.8, 4) is 11.5 Å². The number of anilines is 1. The number of aromatic nitrogens is 4. The molecule has 42 heavy (non-hydrogen) atoms. The minimum absolute atomic E-state index is 0.268. The van der Waals surface area contributed by atoms with Gasteiger partial charge in [0.25, 0.3) is 0 Å². The monoisotopic (exact) mass is 567 g/mol. The maximum absolute atomic E-state index is 4.95. The molecule has 0 amide bonds. The second kappa shape index (κ2) is 17.3. The van der Waals surface area contributed by atoms with Gasteiger partial charge in [0.05, 0.1) is 6.54 Å². The van der Waals surface area contributed by atoms with E-state index in [0.29, 0.717) is 5.92 Å². The summed E-state index contributed by atoms with van der Waals surface area (Å²) in [4.78, 5) is 7.15. The van der Waals surface area contributed by atoms with Crippen molar-refractivity contribution in [1.82, 2.24) is 19.7 Å². The quantitative estimate of drug-likeness (QED) is 0.266. The third-order valence-electron chi connectivity index (χ3n) is 7.37. The topological polar surface area (TPSA) is 46.8 Å². The number of hydrogen-bond acceptors (Lipinski definition) is 4. The largest absolute Gasteiger partial charge is 0.322 e. The van der Waals surface area contributed by atoms with Crippen molar-refractivity contribution in [3.63, 3.8) is 0 Å². The fraction of sp³-hybridized carbons (Fsp3) is 0.432. The Morgan fingerprint density at radius 1 is 1.12 bits per heavy atom. The molecule has 1 aliphatic heterocycles. The maximum atomic E-state index is 4.95. The van der Waals surface area contributed by atoms with Gasteiger partial charge < -0.3 is 9.47 Å². The lowest BCUT2D eigenvalue weighted by Gasteiger charge is -2.24. The molecular weight excluding hydrogens is 514 g/mol. The van der Waals surface area contributed by atoms with Crippen LogP contribution in [0.3, 0.4) is 0 Å². The van der Waals surface area contributed by atoms with Crippen molar-refractivity contribution in [3.05, 3.63) is 96.9 Å². The summed E-state index contributed by atoms with van der Waals surface area (Å²) >= 11 is 0. The molecule has 5 heteroatoms. The number of nitrogens with zero attached hydrogens (tertiary/aromatic N) is 5. The summed E-state index contributed by atoms with van der Waals surface area (Å²) in [7, 11) is 0. The molecule has 0 N–H and O–H groups in total. The van der Waals surface area contributed by atoms with Gasteiger partial charge >= 0.3 is 0 Å². The normalized spacial score (nSPS) is 15.3. The molecule has 3 heterocycles. The molecule has 1 atom stereocenters. The fourth-order valence-electron chi connectivity index (χ4n) is 5.31. The molecular formula is C37H53N5. The molecule has 5 nitrogen and oxygen atoms in total. The molecule has 226 valence electrons. The summed E-state index contributed by atoms with van der Waals surface area (Å²) in [5.41, 5.74) is 8.53. The maximum Gasteiger partial charge on any atom is 0.182 e. The first kappa shape index (κ1) is 34.5. The highest BCUT2D eigenvalue weighted by atomic mass is 15.3. The molecule has 0 saturated heterocycles. The number of benzene rings is 1. The van der Waals surface area contributed by atoms with Crippen LogP contribution in [0, 0.1) is 5.92 Å². The molecule has 0 fully saturated rings. The lowest BCUT2D eigenvalue weighted by atomic mass is 9.81. The fourth-order valence-corrected chi connectivity index (χ4v) is 5.31. The third-order valence-corrected chi connectivity index (χ3v) is 7.37. The number of hydrogen-bond donors (Lipinski definition) is 0. The van der Waals surface area contributed by atoms with E-state index >= 15 is 0 Å². The van der Waals surface area contributed by atoms with E-state index in [1.54, 1.807) is 12.4 Å². The van der Waals surface area contributed by atoms with E-state index in [1.807, 2.05) is 57.4 Å². The summed E-state index contributed by atoms with van der Waals surface area (Å²) in [6.45, 7) is 29.3. The Balaban J connectivity index is 0.000000813. The Hall–Kier alpha value is -3.73. The molecule has 1 aromatic carbocycles. The van der Waals surface area contributed by atoms with E-state index in [0.717, 1.165) is 48.8 Å². The van der Waals surface area contributed by atoms with E-state index in [2.05, 4.69) is 79.9 Å². The van der Waals surface area contributed by atoms with Gasteiger partial charge in [0.15, 0.2) is 5.82 Å². The standard InChI is InChI=1S/C30H35N5.C3H6.2C2H6/c1-6-8-21(4)23-11-13-24(14-12-23)25-15-16-26-18-34(22(5)27(26)17-25)29-10-7-9-28(32-29)30-33-31-19-35(30)20(2)3;1-3-2;2*1-2/h7,9-10,13,15-17,19-20,23H,4-6,8,11-12,14,18H2,1-3H3;3H,1H2,2H3;2*1-2H3. The number of rotatable bonds is 7. The van der Waals surface area contributed by atoms with Crippen LogP contribution in [0.5, 0.6) is 0 Å². The molecule has 3 aromatic rings. The Morgan fingerprint density at radius 3 is 2.45 bits per heavy atom. The van der Waals surface area contributed by atoms with Gasteiger partial charge in [-0.15, -0.1) is 16.8 Å². The highest BCUT2D eigenvalue weighted by molar-refractivity contribution is 5.85. The minimum atomic E-state index is 0.268. The Morgan fingerprint density at radius 2 is 1.83 bits per heavy atom. The van der Waals surface area contributed by atoms with E-state index < -0.39 is 0 Å². The van der Waals surface area contributed by atoms with Crippen LogP contribution in [0.4, 0.5) is 5.82 Å². The lowest BCUT2D eigenvalue weighted by molar-refractivity contribution is 0.539. The Bertz CT molecular complexity index is 1340. The third kappa shape index (κ3) is 8.18. The molecule has 0 spiro atoms. The van der Waals surface area contributed by atoms with Crippen LogP contribution < -0.4 is 4.90 Å². The zero-order valence-corrected chi connectivity index (χ0v) is 27.5. The van der Waals surface area contributed by atoms with Crippen LogP contribution in [0.15, 0.2) is 80.2 Å². The van der Waals surface area contributed by atoms with Crippen LogP contribution in [0.25, 0.3) is 22.8 Å². The smallest absolute Gasteiger partial charge is 0.182 e.